The smallest absolute Gasteiger partial charge is 0.342 e. The molecule has 0 aliphatic carbocycles. The Labute approximate surface area is 119 Å². The number of ether oxygens (including phenoxy) is 1. The van der Waals surface area contributed by atoms with Crippen LogP contribution in [0, 0.1) is 0 Å². The van der Waals surface area contributed by atoms with Gasteiger partial charge in [-0.15, -0.1) is 0 Å². The maximum atomic E-state index is 11.6. The van der Waals surface area contributed by atoms with Gasteiger partial charge in [-0.05, 0) is 12.1 Å². The number of esters is 1. The minimum atomic E-state index is -1.92. The lowest BCUT2D eigenvalue weighted by Gasteiger charge is -2.23. The molecule has 1 aromatic carbocycles. The Morgan fingerprint density at radius 2 is 1.76 bits per heavy atom. The first-order valence-corrected chi connectivity index (χ1v) is 6.01. The van der Waals surface area contributed by atoms with E-state index in [2.05, 4.69) is 4.74 Å². The lowest BCUT2D eigenvalue weighted by Crippen LogP contribution is -2.46. The molecule has 1 rings (SSSR count). The van der Waals surface area contributed by atoms with Gasteiger partial charge in [0.2, 0.25) is 0 Å². The van der Waals surface area contributed by atoms with Crippen LogP contribution in [0.3, 0.4) is 0 Å². The predicted molar refractivity (Wildman–Crippen MR) is 68.5 cm³/mol. The van der Waals surface area contributed by atoms with Gasteiger partial charge in [-0.2, -0.15) is 0 Å². The molecular formula is C13H16O8. The van der Waals surface area contributed by atoms with E-state index in [0.717, 1.165) is 0 Å². The Bertz CT molecular complexity index is 489. The van der Waals surface area contributed by atoms with Crippen molar-refractivity contribution in [3.05, 3.63) is 29.8 Å². The number of phenols is 1. The standard InChI is InChI=1S/C13H16O8/c14-5-9(16)11(18)12(19)10(17)6-21-13(20)7-3-1-2-4-8(7)15/h1-5,9-12,15-19H,6H2/t9-,10+,11+,12-/m0/s1. The number of aliphatic hydroxyl groups is 4. The van der Waals surface area contributed by atoms with Crippen molar-refractivity contribution in [3.8, 4) is 5.75 Å². The number of aldehydes is 1. The molecule has 0 fully saturated rings. The summed E-state index contributed by atoms with van der Waals surface area (Å²) in [7, 11) is 0. The van der Waals surface area contributed by atoms with Crippen LogP contribution in [-0.2, 0) is 9.53 Å². The van der Waals surface area contributed by atoms with E-state index in [1.165, 1.54) is 24.3 Å². The van der Waals surface area contributed by atoms with Gasteiger partial charge in [0.15, 0.2) is 6.29 Å². The first-order chi connectivity index (χ1) is 9.88. The lowest BCUT2D eigenvalue weighted by atomic mass is 10.0. The molecule has 5 N–H and O–H groups in total. The van der Waals surface area contributed by atoms with Crippen LogP contribution in [0.5, 0.6) is 5.75 Å². The first kappa shape index (κ1) is 17.1. The second-order valence-electron chi connectivity index (χ2n) is 4.29. The molecule has 0 aliphatic rings. The topological polar surface area (TPSA) is 145 Å². The summed E-state index contributed by atoms with van der Waals surface area (Å²) in [6, 6.07) is 5.56. The highest BCUT2D eigenvalue weighted by molar-refractivity contribution is 5.92. The number of hydrogen-bond acceptors (Lipinski definition) is 8. The molecule has 0 amide bonds. The molecule has 1 aromatic rings. The van der Waals surface area contributed by atoms with Gasteiger partial charge < -0.3 is 35.1 Å². The van der Waals surface area contributed by atoms with Gasteiger partial charge in [0.1, 0.15) is 42.3 Å². The Balaban J connectivity index is 2.56. The third kappa shape index (κ3) is 4.50. The quantitative estimate of drug-likeness (QED) is 0.293. The van der Waals surface area contributed by atoms with Crippen molar-refractivity contribution in [1.82, 2.24) is 0 Å². The zero-order valence-electron chi connectivity index (χ0n) is 10.9. The number of benzene rings is 1. The minimum Gasteiger partial charge on any atom is -0.507 e. The highest BCUT2D eigenvalue weighted by Gasteiger charge is 2.31. The molecule has 0 unspecified atom stereocenters. The fourth-order valence-electron chi connectivity index (χ4n) is 1.49. The minimum absolute atomic E-state index is 0.00533. The second kappa shape index (κ2) is 7.70. The molecule has 116 valence electrons. The van der Waals surface area contributed by atoms with E-state index in [9.17, 15) is 30.0 Å². The summed E-state index contributed by atoms with van der Waals surface area (Å²) >= 11 is 0. The van der Waals surface area contributed by atoms with Gasteiger partial charge in [-0.3, -0.25) is 0 Å². The molecule has 8 heteroatoms. The maximum Gasteiger partial charge on any atom is 0.342 e. The zero-order valence-corrected chi connectivity index (χ0v) is 10.9. The highest BCUT2D eigenvalue weighted by atomic mass is 16.5. The average Bonchev–Trinajstić information content (AvgIpc) is 2.50. The van der Waals surface area contributed by atoms with Gasteiger partial charge >= 0.3 is 5.97 Å². The third-order valence-electron chi connectivity index (χ3n) is 2.74. The number of phenolic OH excluding ortho intramolecular Hbond substituents is 1. The Morgan fingerprint density at radius 3 is 2.33 bits per heavy atom. The van der Waals surface area contributed by atoms with Crippen LogP contribution in [0.4, 0.5) is 0 Å². The highest BCUT2D eigenvalue weighted by Crippen LogP contribution is 2.16. The summed E-state index contributed by atoms with van der Waals surface area (Å²) in [6.45, 7) is -0.697. The molecule has 0 spiro atoms. The fourth-order valence-corrected chi connectivity index (χ4v) is 1.49. The Hall–Kier alpha value is -2.00. The molecule has 0 bridgehead atoms. The van der Waals surface area contributed by atoms with Crippen molar-refractivity contribution in [2.45, 2.75) is 24.4 Å². The number of aliphatic hydroxyl groups excluding tert-OH is 4. The summed E-state index contributed by atoms with van der Waals surface area (Å²) in [5, 5.41) is 46.7. The van der Waals surface area contributed by atoms with Crippen LogP contribution >= 0.6 is 0 Å². The van der Waals surface area contributed by atoms with Crippen molar-refractivity contribution in [1.29, 1.82) is 0 Å². The monoisotopic (exact) mass is 300 g/mol. The van der Waals surface area contributed by atoms with E-state index in [1.807, 2.05) is 0 Å². The second-order valence-corrected chi connectivity index (χ2v) is 4.29. The van der Waals surface area contributed by atoms with Crippen molar-refractivity contribution in [2.24, 2.45) is 0 Å². The zero-order chi connectivity index (χ0) is 16.0. The normalized spacial score (nSPS) is 16.6. The number of rotatable bonds is 7. The van der Waals surface area contributed by atoms with Gasteiger partial charge in [0.25, 0.3) is 0 Å². The maximum absolute atomic E-state index is 11.6. The average molecular weight is 300 g/mol. The van der Waals surface area contributed by atoms with E-state index in [0.29, 0.717) is 0 Å². The number of carbonyl (C=O) groups excluding carboxylic acids is 2. The number of para-hydroxylation sites is 1. The van der Waals surface area contributed by atoms with Gasteiger partial charge in [0, 0.05) is 0 Å². The molecule has 0 radical (unpaired) electrons. The van der Waals surface area contributed by atoms with E-state index in [4.69, 9.17) is 5.11 Å². The Kier molecular flexibility index (Phi) is 6.25. The fraction of sp³-hybridized carbons (Fsp3) is 0.385. The molecular weight excluding hydrogens is 284 g/mol. The van der Waals surface area contributed by atoms with Gasteiger partial charge in [-0.1, -0.05) is 12.1 Å². The predicted octanol–water partition coefficient (Wildman–Crippen LogP) is -1.81. The first-order valence-electron chi connectivity index (χ1n) is 6.01. The molecule has 0 saturated heterocycles. The van der Waals surface area contributed by atoms with Crippen molar-refractivity contribution >= 4 is 12.3 Å². The third-order valence-corrected chi connectivity index (χ3v) is 2.74. The van der Waals surface area contributed by atoms with Gasteiger partial charge in [0.05, 0.1) is 0 Å². The van der Waals surface area contributed by atoms with Crippen molar-refractivity contribution in [2.75, 3.05) is 6.61 Å². The SMILES string of the molecule is O=C[C@H](O)[C@@H](O)[C@@H](O)[C@H](O)COC(=O)c1ccccc1O. The number of hydrogen-bond donors (Lipinski definition) is 5. The van der Waals surface area contributed by atoms with Crippen LogP contribution in [-0.4, -0.2) is 68.8 Å². The van der Waals surface area contributed by atoms with Gasteiger partial charge in [-0.25, -0.2) is 4.79 Å². The molecule has 0 aliphatic heterocycles. The summed E-state index contributed by atoms with van der Waals surface area (Å²) < 4.78 is 4.67. The molecule has 0 heterocycles. The van der Waals surface area contributed by atoms with Crippen LogP contribution in [0.15, 0.2) is 24.3 Å². The molecule has 4 atom stereocenters. The number of carbonyl (C=O) groups is 2. The van der Waals surface area contributed by atoms with Crippen LogP contribution in [0.1, 0.15) is 10.4 Å². The summed E-state index contributed by atoms with van der Waals surface area (Å²) in [4.78, 5) is 21.9. The van der Waals surface area contributed by atoms with Crippen molar-refractivity contribution in [3.63, 3.8) is 0 Å². The van der Waals surface area contributed by atoms with E-state index in [1.54, 1.807) is 0 Å². The largest absolute Gasteiger partial charge is 0.507 e. The Morgan fingerprint density at radius 1 is 1.14 bits per heavy atom. The molecule has 0 aromatic heterocycles. The van der Waals surface area contributed by atoms with E-state index < -0.39 is 37.0 Å². The summed E-state index contributed by atoms with van der Waals surface area (Å²) in [5.41, 5.74) is -0.132. The van der Waals surface area contributed by atoms with Crippen molar-refractivity contribution < 1.29 is 39.9 Å². The summed E-state index contributed by atoms with van der Waals surface area (Å²) in [6.07, 6.45) is -7.40. The molecule has 0 saturated carbocycles. The van der Waals surface area contributed by atoms with Crippen LogP contribution in [0.25, 0.3) is 0 Å². The van der Waals surface area contributed by atoms with Crippen LogP contribution in [0.2, 0.25) is 0 Å². The van der Waals surface area contributed by atoms with E-state index in [-0.39, 0.29) is 17.6 Å². The molecule has 21 heavy (non-hydrogen) atoms. The summed E-state index contributed by atoms with van der Waals surface area (Å²) in [5.74, 6) is -1.25. The lowest BCUT2D eigenvalue weighted by molar-refractivity contribution is -0.136. The van der Waals surface area contributed by atoms with E-state index >= 15 is 0 Å². The van der Waals surface area contributed by atoms with Crippen LogP contribution < -0.4 is 0 Å². The molecule has 8 nitrogen and oxygen atoms in total. The number of aromatic hydroxyl groups is 1.